The zero-order valence-corrected chi connectivity index (χ0v) is 22.1. The number of fused-ring (bicyclic) bond motifs is 2. The van der Waals surface area contributed by atoms with E-state index < -0.39 is 17.2 Å². The third-order valence-corrected chi connectivity index (χ3v) is 8.23. The Bertz CT molecular complexity index is 1850. The van der Waals surface area contributed by atoms with Crippen molar-refractivity contribution in [3.05, 3.63) is 59.9 Å². The maximum absolute atomic E-state index is 16.1. The van der Waals surface area contributed by atoms with Crippen molar-refractivity contribution in [3.8, 4) is 28.6 Å². The number of benzene rings is 2. The standard InChI is InChI=1S/C29H27F2N9O/c30-21-11-17(4-5-18(21)14-32)25-26(39-10-8-34-27(28(39)35-25)38-9-1-3-19(33)15-38)20-12-23-24(13-22(20)31)40(37-36-23)16-29(41)6-2-7-29/h4-5,8,10-13,19,41H,1-3,6-7,9,15-16,33H2. The lowest BCUT2D eigenvalue weighted by molar-refractivity contribution is -0.0492. The molecule has 0 radical (unpaired) electrons. The fourth-order valence-electron chi connectivity index (χ4n) is 5.91. The molecule has 3 N–H and O–H groups in total. The molecule has 10 nitrogen and oxygen atoms in total. The molecule has 1 saturated carbocycles. The van der Waals surface area contributed by atoms with Gasteiger partial charge in [-0.2, -0.15) is 5.26 Å². The topological polar surface area (TPSA) is 134 Å². The van der Waals surface area contributed by atoms with Crippen molar-refractivity contribution in [1.82, 2.24) is 29.4 Å². The Morgan fingerprint density at radius 2 is 2.00 bits per heavy atom. The normalized spacial score (nSPS) is 18.5. The first kappa shape index (κ1) is 25.5. The molecule has 1 saturated heterocycles. The molecule has 2 fully saturated rings. The highest BCUT2D eigenvalue weighted by molar-refractivity contribution is 5.89. The Balaban J connectivity index is 1.43. The Morgan fingerprint density at radius 3 is 2.73 bits per heavy atom. The van der Waals surface area contributed by atoms with Gasteiger partial charge >= 0.3 is 0 Å². The predicted octanol–water partition coefficient (Wildman–Crippen LogP) is 3.80. The fourth-order valence-corrected chi connectivity index (χ4v) is 5.91. The Labute approximate surface area is 233 Å². The number of aromatic nitrogens is 6. The summed E-state index contributed by atoms with van der Waals surface area (Å²) in [7, 11) is 0. The van der Waals surface area contributed by atoms with Crippen LogP contribution in [0.5, 0.6) is 0 Å². The van der Waals surface area contributed by atoms with Crippen LogP contribution in [-0.2, 0) is 6.54 Å². The zero-order valence-electron chi connectivity index (χ0n) is 22.1. The second-order valence-electron chi connectivity index (χ2n) is 11.1. The van der Waals surface area contributed by atoms with E-state index in [2.05, 4.69) is 20.2 Å². The van der Waals surface area contributed by atoms with Gasteiger partial charge in [0, 0.05) is 48.7 Å². The number of hydrogen-bond donors (Lipinski definition) is 2. The number of hydrogen-bond acceptors (Lipinski definition) is 8. The third-order valence-electron chi connectivity index (χ3n) is 8.23. The van der Waals surface area contributed by atoms with E-state index in [1.807, 2.05) is 6.07 Å². The van der Waals surface area contributed by atoms with E-state index in [0.29, 0.717) is 58.8 Å². The Hall–Kier alpha value is -4.47. The number of nitriles is 1. The molecule has 41 heavy (non-hydrogen) atoms. The molecule has 5 aromatic rings. The Morgan fingerprint density at radius 1 is 1.15 bits per heavy atom. The molecule has 2 aromatic carbocycles. The second-order valence-corrected chi connectivity index (χ2v) is 11.1. The lowest BCUT2D eigenvalue weighted by Crippen LogP contribution is -2.43. The summed E-state index contributed by atoms with van der Waals surface area (Å²) >= 11 is 0. The SMILES string of the molecule is N#Cc1ccc(-c2nc3c(N4CCCC(N)C4)nccn3c2-c2cc3nnn(CC4(O)CCC4)c3cc2F)cc1F. The number of rotatable bonds is 5. The minimum Gasteiger partial charge on any atom is -0.388 e. The van der Waals surface area contributed by atoms with E-state index in [1.54, 1.807) is 28.9 Å². The highest BCUT2D eigenvalue weighted by atomic mass is 19.1. The molecule has 0 amide bonds. The summed E-state index contributed by atoms with van der Waals surface area (Å²) in [5.41, 5.74) is 8.00. The number of halogens is 2. The van der Waals surface area contributed by atoms with Crippen LogP contribution in [0.15, 0.2) is 42.7 Å². The molecule has 0 spiro atoms. The molecule has 1 atom stereocenters. The maximum atomic E-state index is 16.1. The summed E-state index contributed by atoms with van der Waals surface area (Å²) in [4.78, 5) is 11.5. The monoisotopic (exact) mass is 555 g/mol. The molecule has 2 aliphatic rings. The van der Waals surface area contributed by atoms with Crippen molar-refractivity contribution in [2.45, 2.75) is 50.3 Å². The summed E-state index contributed by atoms with van der Waals surface area (Å²) < 4.78 is 34.1. The average molecular weight is 556 g/mol. The van der Waals surface area contributed by atoms with Gasteiger partial charge < -0.3 is 15.7 Å². The van der Waals surface area contributed by atoms with Crippen molar-refractivity contribution in [3.63, 3.8) is 0 Å². The van der Waals surface area contributed by atoms with Crippen molar-refractivity contribution >= 4 is 22.5 Å². The molecule has 3 aromatic heterocycles. The van der Waals surface area contributed by atoms with Crippen LogP contribution in [0, 0.1) is 23.0 Å². The molecule has 12 heteroatoms. The first-order valence-electron chi connectivity index (χ1n) is 13.7. The van der Waals surface area contributed by atoms with Crippen LogP contribution in [0.3, 0.4) is 0 Å². The minimum absolute atomic E-state index is 0.00668. The van der Waals surface area contributed by atoms with Gasteiger partial charge in [-0.3, -0.25) is 4.40 Å². The van der Waals surface area contributed by atoms with Crippen molar-refractivity contribution in [2.75, 3.05) is 18.0 Å². The quantitative estimate of drug-likeness (QED) is 0.335. The second kappa shape index (κ2) is 9.57. The predicted molar refractivity (Wildman–Crippen MR) is 148 cm³/mol. The first-order chi connectivity index (χ1) is 19.8. The lowest BCUT2D eigenvalue weighted by atomic mass is 9.80. The van der Waals surface area contributed by atoms with Gasteiger partial charge in [0.1, 0.15) is 23.2 Å². The molecular formula is C29H27F2N9O. The summed E-state index contributed by atoms with van der Waals surface area (Å²) in [5.74, 6) is -0.635. The van der Waals surface area contributed by atoms with Crippen molar-refractivity contribution < 1.29 is 13.9 Å². The molecular weight excluding hydrogens is 528 g/mol. The van der Waals surface area contributed by atoms with Crippen LogP contribution in [0.25, 0.3) is 39.2 Å². The van der Waals surface area contributed by atoms with Crippen molar-refractivity contribution in [2.24, 2.45) is 5.73 Å². The van der Waals surface area contributed by atoms with E-state index >= 15 is 4.39 Å². The van der Waals surface area contributed by atoms with Gasteiger partial charge in [-0.15, -0.1) is 5.10 Å². The zero-order chi connectivity index (χ0) is 28.3. The number of imidazole rings is 1. The van der Waals surface area contributed by atoms with Crippen molar-refractivity contribution in [1.29, 1.82) is 5.26 Å². The first-order valence-corrected chi connectivity index (χ1v) is 13.7. The lowest BCUT2D eigenvalue weighted by Gasteiger charge is -2.36. The number of nitrogens with zero attached hydrogens (tertiary/aromatic N) is 8. The highest BCUT2D eigenvalue weighted by Crippen LogP contribution is 2.39. The van der Waals surface area contributed by atoms with Crippen LogP contribution in [0.2, 0.25) is 0 Å². The molecule has 1 aliphatic carbocycles. The summed E-state index contributed by atoms with van der Waals surface area (Å²) in [6.45, 7) is 1.59. The minimum atomic E-state index is -0.856. The summed E-state index contributed by atoms with van der Waals surface area (Å²) in [6.07, 6.45) is 7.41. The van der Waals surface area contributed by atoms with Crippen LogP contribution in [-0.4, -0.2) is 59.2 Å². The number of aliphatic hydroxyl groups is 1. The highest BCUT2D eigenvalue weighted by Gasteiger charge is 2.36. The van der Waals surface area contributed by atoms with Crippen LogP contribution in [0.4, 0.5) is 14.6 Å². The molecule has 1 aliphatic heterocycles. The Kier molecular flexibility index (Phi) is 5.95. The van der Waals surface area contributed by atoms with Crippen LogP contribution in [0.1, 0.15) is 37.7 Å². The molecule has 208 valence electrons. The van der Waals surface area contributed by atoms with Gasteiger partial charge in [-0.05, 0) is 50.3 Å². The number of nitrogens with two attached hydrogens (primary N) is 1. The summed E-state index contributed by atoms with van der Waals surface area (Å²) in [6, 6.07) is 9.01. The number of piperidine rings is 1. The van der Waals surface area contributed by atoms with Crippen LogP contribution >= 0.6 is 0 Å². The van der Waals surface area contributed by atoms with E-state index in [1.165, 1.54) is 22.9 Å². The molecule has 4 heterocycles. The molecule has 1 unspecified atom stereocenters. The maximum Gasteiger partial charge on any atom is 0.181 e. The van der Waals surface area contributed by atoms with E-state index in [-0.39, 0.29) is 23.7 Å². The van der Waals surface area contributed by atoms with E-state index in [0.717, 1.165) is 25.8 Å². The van der Waals surface area contributed by atoms with Gasteiger partial charge in [0.05, 0.1) is 34.6 Å². The molecule has 7 rings (SSSR count). The van der Waals surface area contributed by atoms with Gasteiger partial charge in [0.15, 0.2) is 11.5 Å². The van der Waals surface area contributed by atoms with Crippen LogP contribution < -0.4 is 10.6 Å². The fraction of sp³-hybridized carbons (Fsp3) is 0.345. The largest absolute Gasteiger partial charge is 0.388 e. The molecule has 0 bridgehead atoms. The number of anilines is 1. The van der Waals surface area contributed by atoms with Gasteiger partial charge in [-0.25, -0.2) is 23.4 Å². The van der Waals surface area contributed by atoms with Gasteiger partial charge in [-0.1, -0.05) is 11.3 Å². The van der Waals surface area contributed by atoms with E-state index in [4.69, 9.17) is 10.7 Å². The third kappa shape index (κ3) is 4.29. The summed E-state index contributed by atoms with van der Waals surface area (Å²) in [5, 5.41) is 28.3. The van der Waals surface area contributed by atoms with Gasteiger partial charge in [0.25, 0.3) is 0 Å². The van der Waals surface area contributed by atoms with E-state index in [9.17, 15) is 14.8 Å². The van der Waals surface area contributed by atoms with Gasteiger partial charge in [0.2, 0.25) is 0 Å². The smallest absolute Gasteiger partial charge is 0.181 e. The average Bonchev–Trinajstić information content (AvgIpc) is 3.52.